The van der Waals surface area contributed by atoms with Crippen LogP contribution >= 0.6 is 11.3 Å². The Hall–Kier alpha value is -1.60. The van der Waals surface area contributed by atoms with Crippen molar-refractivity contribution in [3.63, 3.8) is 0 Å². The van der Waals surface area contributed by atoms with Crippen LogP contribution in [0.5, 0.6) is 0 Å². The van der Waals surface area contributed by atoms with Gasteiger partial charge in [0.15, 0.2) is 0 Å². The molecule has 0 bridgehead atoms. The van der Waals surface area contributed by atoms with Crippen molar-refractivity contribution in [2.45, 2.75) is 44.7 Å². The highest BCUT2D eigenvalue weighted by Gasteiger charge is 2.58. The van der Waals surface area contributed by atoms with Gasteiger partial charge in [0.05, 0.1) is 5.92 Å². The summed E-state index contributed by atoms with van der Waals surface area (Å²) in [6, 6.07) is 2.05. The fraction of sp³-hybridized carbons (Fsp3) is 0.684. The van der Waals surface area contributed by atoms with Crippen LogP contribution in [0.15, 0.2) is 16.8 Å². The topological polar surface area (TPSA) is 78.7 Å². The number of urea groups is 1. The van der Waals surface area contributed by atoms with Crippen LogP contribution in [-0.2, 0) is 11.3 Å². The van der Waals surface area contributed by atoms with E-state index in [1.807, 2.05) is 0 Å². The molecule has 3 fully saturated rings. The third-order valence-corrected chi connectivity index (χ3v) is 7.15. The Morgan fingerprint density at radius 2 is 2.19 bits per heavy atom. The predicted molar refractivity (Wildman–Crippen MR) is 102 cm³/mol. The van der Waals surface area contributed by atoms with Gasteiger partial charge in [-0.25, -0.2) is 4.79 Å². The van der Waals surface area contributed by atoms with Gasteiger partial charge in [0.1, 0.15) is 0 Å². The van der Waals surface area contributed by atoms with Gasteiger partial charge in [0.2, 0.25) is 5.91 Å². The molecule has 7 heteroatoms. The fourth-order valence-electron chi connectivity index (χ4n) is 4.76. The second-order valence-corrected chi connectivity index (χ2v) is 8.83. The lowest BCUT2D eigenvalue weighted by Gasteiger charge is -2.36. The second kappa shape index (κ2) is 7.19. The van der Waals surface area contributed by atoms with Gasteiger partial charge in [-0.15, -0.1) is 0 Å². The van der Waals surface area contributed by atoms with Gasteiger partial charge < -0.3 is 20.9 Å². The van der Waals surface area contributed by atoms with Crippen LogP contribution < -0.4 is 11.1 Å². The van der Waals surface area contributed by atoms with Crippen molar-refractivity contribution in [2.75, 3.05) is 26.2 Å². The van der Waals surface area contributed by atoms with Gasteiger partial charge in [0, 0.05) is 25.7 Å². The number of nitrogens with zero attached hydrogens (tertiary/aromatic N) is 2. The van der Waals surface area contributed by atoms with Crippen LogP contribution in [0.25, 0.3) is 0 Å². The zero-order valence-electron chi connectivity index (χ0n) is 15.2. The van der Waals surface area contributed by atoms with Crippen LogP contribution in [0.2, 0.25) is 0 Å². The molecule has 2 aliphatic heterocycles. The Labute approximate surface area is 158 Å². The first kappa shape index (κ1) is 17.8. The van der Waals surface area contributed by atoms with Gasteiger partial charge in [-0.2, -0.15) is 11.3 Å². The molecule has 3 heterocycles. The number of carbonyl (C=O) groups is 2. The van der Waals surface area contributed by atoms with Crippen molar-refractivity contribution in [1.82, 2.24) is 15.1 Å². The van der Waals surface area contributed by atoms with E-state index in [9.17, 15) is 9.59 Å². The fourth-order valence-corrected chi connectivity index (χ4v) is 5.42. The van der Waals surface area contributed by atoms with Crippen molar-refractivity contribution < 1.29 is 9.59 Å². The van der Waals surface area contributed by atoms with Crippen molar-refractivity contribution >= 4 is 23.3 Å². The average molecular weight is 377 g/mol. The van der Waals surface area contributed by atoms with Gasteiger partial charge >= 0.3 is 6.03 Å². The maximum atomic E-state index is 13.4. The summed E-state index contributed by atoms with van der Waals surface area (Å²) < 4.78 is 0. The monoisotopic (exact) mass is 376 g/mol. The number of rotatable bonds is 4. The Balaban J connectivity index is 1.51. The Morgan fingerprint density at radius 3 is 2.88 bits per heavy atom. The summed E-state index contributed by atoms with van der Waals surface area (Å²) in [7, 11) is 0. The Morgan fingerprint density at radius 1 is 1.38 bits per heavy atom. The highest BCUT2D eigenvalue weighted by atomic mass is 32.1. The number of hydrogen-bond acceptors (Lipinski definition) is 4. The smallest absolute Gasteiger partial charge is 0.314 e. The van der Waals surface area contributed by atoms with Crippen LogP contribution in [0.1, 0.15) is 37.7 Å². The van der Waals surface area contributed by atoms with Gasteiger partial charge in [-0.3, -0.25) is 4.79 Å². The first-order chi connectivity index (χ1) is 12.6. The molecule has 4 rings (SSSR count). The first-order valence-electron chi connectivity index (χ1n) is 9.66. The molecule has 0 radical (unpaired) electrons. The maximum absolute atomic E-state index is 13.4. The zero-order valence-corrected chi connectivity index (χ0v) is 16.0. The second-order valence-electron chi connectivity index (χ2n) is 8.05. The van der Waals surface area contributed by atoms with E-state index in [4.69, 9.17) is 5.73 Å². The van der Waals surface area contributed by atoms with E-state index in [2.05, 4.69) is 27.0 Å². The lowest BCUT2D eigenvalue weighted by Crippen LogP contribution is -2.49. The molecule has 6 nitrogen and oxygen atoms in total. The van der Waals surface area contributed by atoms with E-state index in [1.54, 1.807) is 16.2 Å². The summed E-state index contributed by atoms with van der Waals surface area (Å²) >= 11 is 1.68. The molecule has 3 aliphatic rings. The normalized spacial score (nSPS) is 27.3. The summed E-state index contributed by atoms with van der Waals surface area (Å²) in [5, 5.41) is 7.64. The third kappa shape index (κ3) is 3.47. The molecule has 26 heavy (non-hydrogen) atoms. The average Bonchev–Trinajstić information content (AvgIpc) is 3.08. The summed E-state index contributed by atoms with van der Waals surface area (Å²) in [6.45, 7) is 3.93. The number of hydrogen-bond donors (Lipinski definition) is 2. The number of carbonyl (C=O) groups excluding carboxylic acids is 2. The molecule has 1 aromatic rings. The van der Waals surface area contributed by atoms with E-state index in [0.717, 1.165) is 45.2 Å². The molecule has 1 spiro atoms. The predicted octanol–water partition coefficient (Wildman–Crippen LogP) is 2.01. The molecule has 1 aliphatic carbocycles. The van der Waals surface area contributed by atoms with E-state index in [-0.39, 0.29) is 11.8 Å². The number of amides is 3. The SMILES string of the molecule is NC(=O)N1CCCC(C(=O)N(Cc2ccsc2)C2CC23CCNCC3)C1. The lowest BCUT2D eigenvalue weighted by atomic mass is 9.92. The molecule has 0 aromatic carbocycles. The number of piperidine rings is 2. The third-order valence-electron chi connectivity index (χ3n) is 6.42. The summed E-state index contributed by atoms with van der Waals surface area (Å²) in [6.07, 6.45) is 5.14. The highest BCUT2D eigenvalue weighted by Crippen LogP contribution is 2.56. The van der Waals surface area contributed by atoms with Crippen LogP contribution in [-0.4, -0.2) is 54.0 Å². The summed E-state index contributed by atoms with van der Waals surface area (Å²) in [5.41, 5.74) is 6.98. The van der Waals surface area contributed by atoms with Gasteiger partial charge in [-0.1, -0.05) is 0 Å². The van der Waals surface area contributed by atoms with Crippen molar-refractivity contribution in [2.24, 2.45) is 17.1 Å². The first-order valence-corrected chi connectivity index (χ1v) is 10.6. The zero-order chi connectivity index (χ0) is 18.1. The minimum absolute atomic E-state index is 0.116. The maximum Gasteiger partial charge on any atom is 0.314 e. The largest absolute Gasteiger partial charge is 0.351 e. The molecule has 1 saturated carbocycles. The summed E-state index contributed by atoms with van der Waals surface area (Å²) in [4.78, 5) is 28.7. The molecular weight excluding hydrogens is 348 g/mol. The molecular formula is C19H28N4O2S. The molecule has 2 saturated heterocycles. The van der Waals surface area contributed by atoms with E-state index in [1.165, 1.54) is 5.56 Å². The molecule has 2 atom stereocenters. The number of nitrogens with two attached hydrogens (primary N) is 1. The number of nitrogens with one attached hydrogen (secondary N) is 1. The van der Waals surface area contributed by atoms with E-state index < -0.39 is 6.03 Å². The van der Waals surface area contributed by atoms with Gasteiger partial charge in [-0.05, 0) is 73.0 Å². The molecule has 142 valence electrons. The van der Waals surface area contributed by atoms with E-state index >= 15 is 0 Å². The van der Waals surface area contributed by atoms with Crippen LogP contribution in [0, 0.1) is 11.3 Å². The van der Waals surface area contributed by atoms with Crippen LogP contribution in [0.4, 0.5) is 4.79 Å². The molecule has 3 amide bonds. The minimum Gasteiger partial charge on any atom is -0.351 e. The van der Waals surface area contributed by atoms with Crippen LogP contribution in [0.3, 0.4) is 0 Å². The van der Waals surface area contributed by atoms with Crippen molar-refractivity contribution in [3.05, 3.63) is 22.4 Å². The Kier molecular flexibility index (Phi) is 4.92. The lowest BCUT2D eigenvalue weighted by molar-refractivity contribution is -0.139. The number of thiophene rings is 1. The minimum atomic E-state index is -0.409. The molecule has 1 aromatic heterocycles. The summed E-state index contributed by atoms with van der Waals surface area (Å²) in [5.74, 6) is 0.0943. The van der Waals surface area contributed by atoms with E-state index in [0.29, 0.717) is 31.1 Å². The standard InChI is InChI=1S/C19H28N4O2S/c20-18(25)22-8-1-2-15(12-22)17(24)23(11-14-3-9-26-13-14)16-10-19(16)4-6-21-7-5-19/h3,9,13,15-16,21H,1-2,4-8,10-12H2,(H2,20,25). The quantitative estimate of drug-likeness (QED) is 0.844. The van der Waals surface area contributed by atoms with Crippen molar-refractivity contribution in [3.8, 4) is 0 Å². The number of primary amides is 1. The highest BCUT2D eigenvalue weighted by molar-refractivity contribution is 7.07. The molecule has 3 N–H and O–H groups in total. The van der Waals surface area contributed by atoms with Gasteiger partial charge in [0.25, 0.3) is 0 Å². The Bertz CT molecular complexity index is 657. The molecule has 2 unspecified atom stereocenters. The number of likely N-dealkylation sites (tertiary alicyclic amines) is 1. The van der Waals surface area contributed by atoms with Crippen molar-refractivity contribution in [1.29, 1.82) is 0 Å².